The Kier molecular flexibility index (Phi) is 4.42. The molecule has 0 radical (unpaired) electrons. The summed E-state index contributed by atoms with van der Waals surface area (Å²) in [6, 6.07) is 18.5. The van der Waals surface area contributed by atoms with Crippen molar-refractivity contribution in [3.63, 3.8) is 0 Å². The van der Waals surface area contributed by atoms with Crippen LogP contribution in [0.25, 0.3) is 11.0 Å². The van der Waals surface area contributed by atoms with Gasteiger partial charge in [-0.05, 0) is 49.3 Å². The molecule has 0 bridgehead atoms. The van der Waals surface area contributed by atoms with E-state index in [9.17, 15) is 4.79 Å². The third kappa shape index (κ3) is 3.53. The number of hydrogen-bond donors (Lipinski definition) is 1. The van der Waals surface area contributed by atoms with E-state index in [0.717, 1.165) is 36.7 Å². The fourth-order valence-electron chi connectivity index (χ4n) is 3.62. The van der Waals surface area contributed by atoms with Crippen molar-refractivity contribution in [2.24, 2.45) is 0 Å². The zero-order chi connectivity index (χ0) is 17.1. The second-order valence-electron chi connectivity index (χ2n) is 6.68. The minimum Gasteiger partial charge on any atom is -0.348 e. The summed E-state index contributed by atoms with van der Waals surface area (Å²) in [4.78, 5) is 21.2. The molecular formula is C21H21N3O. The number of fused-ring (bicyclic) bond motifs is 1. The molecule has 1 aliphatic carbocycles. The molecule has 1 aliphatic rings. The molecule has 3 aromatic rings. The van der Waals surface area contributed by atoms with Crippen LogP contribution in [0.5, 0.6) is 0 Å². The van der Waals surface area contributed by atoms with Crippen molar-refractivity contribution in [3.8, 4) is 0 Å². The molecule has 0 aliphatic heterocycles. The molecule has 0 unspecified atom stereocenters. The Morgan fingerprint density at radius 2 is 1.56 bits per heavy atom. The maximum Gasteiger partial charge on any atom is 0.271 e. The van der Waals surface area contributed by atoms with E-state index in [4.69, 9.17) is 0 Å². The summed E-state index contributed by atoms with van der Waals surface area (Å²) >= 11 is 0. The number of aromatic nitrogens is 2. The first-order valence-corrected chi connectivity index (χ1v) is 8.87. The van der Waals surface area contributed by atoms with Gasteiger partial charge in [0, 0.05) is 6.04 Å². The van der Waals surface area contributed by atoms with Crippen LogP contribution in [0.3, 0.4) is 0 Å². The number of amides is 1. The largest absolute Gasteiger partial charge is 0.348 e. The molecular weight excluding hydrogens is 310 g/mol. The number of benzene rings is 2. The summed E-state index contributed by atoms with van der Waals surface area (Å²) < 4.78 is 0. The number of carbonyl (C=O) groups is 1. The number of nitrogens with zero attached hydrogens (tertiary/aromatic N) is 2. The van der Waals surface area contributed by atoms with Crippen molar-refractivity contribution in [1.82, 2.24) is 15.3 Å². The summed E-state index contributed by atoms with van der Waals surface area (Å²) in [6.07, 6.45) is 5.79. The van der Waals surface area contributed by atoms with Gasteiger partial charge in [-0.15, -0.1) is 0 Å². The van der Waals surface area contributed by atoms with Gasteiger partial charge in [0.1, 0.15) is 5.69 Å². The van der Waals surface area contributed by atoms with E-state index in [2.05, 4.69) is 45.6 Å². The highest BCUT2D eigenvalue weighted by Crippen LogP contribution is 2.32. The van der Waals surface area contributed by atoms with Gasteiger partial charge in [-0.1, -0.05) is 42.5 Å². The normalized spacial score (nSPS) is 20.3. The highest BCUT2D eigenvalue weighted by molar-refractivity contribution is 5.93. The van der Waals surface area contributed by atoms with Gasteiger partial charge in [-0.2, -0.15) is 0 Å². The third-order valence-corrected chi connectivity index (χ3v) is 5.01. The Morgan fingerprint density at radius 1 is 0.880 bits per heavy atom. The average molecular weight is 331 g/mol. The summed E-state index contributed by atoms with van der Waals surface area (Å²) in [6.45, 7) is 0. The average Bonchev–Trinajstić information content (AvgIpc) is 2.69. The fourth-order valence-corrected chi connectivity index (χ4v) is 3.62. The Balaban J connectivity index is 1.38. The summed E-state index contributed by atoms with van der Waals surface area (Å²) in [5.74, 6) is 0.483. The van der Waals surface area contributed by atoms with Crippen molar-refractivity contribution in [3.05, 3.63) is 72.1 Å². The van der Waals surface area contributed by atoms with Gasteiger partial charge in [0.15, 0.2) is 0 Å². The lowest BCUT2D eigenvalue weighted by Crippen LogP contribution is -2.37. The first-order valence-electron chi connectivity index (χ1n) is 8.87. The fraction of sp³-hybridized carbons (Fsp3) is 0.286. The number of para-hydroxylation sites is 2. The predicted octanol–water partition coefficient (Wildman–Crippen LogP) is 4.09. The van der Waals surface area contributed by atoms with Crippen LogP contribution in [0.1, 0.15) is 47.7 Å². The van der Waals surface area contributed by atoms with Crippen LogP contribution in [0.2, 0.25) is 0 Å². The van der Waals surface area contributed by atoms with Gasteiger partial charge in [0.05, 0.1) is 17.2 Å². The van der Waals surface area contributed by atoms with Gasteiger partial charge in [0.2, 0.25) is 0 Å². The molecule has 4 nitrogen and oxygen atoms in total. The highest BCUT2D eigenvalue weighted by atomic mass is 16.1. The van der Waals surface area contributed by atoms with E-state index in [0.29, 0.717) is 11.6 Å². The Morgan fingerprint density at radius 3 is 2.32 bits per heavy atom. The molecule has 2 aromatic carbocycles. The van der Waals surface area contributed by atoms with E-state index in [1.807, 2.05) is 24.3 Å². The molecule has 0 spiro atoms. The van der Waals surface area contributed by atoms with Crippen molar-refractivity contribution >= 4 is 16.9 Å². The molecule has 25 heavy (non-hydrogen) atoms. The first kappa shape index (κ1) is 15.8. The molecule has 1 heterocycles. The summed E-state index contributed by atoms with van der Waals surface area (Å²) in [7, 11) is 0. The lowest BCUT2D eigenvalue weighted by atomic mass is 9.82. The molecule has 1 N–H and O–H groups in total. The molecule has 1 saturated carbocycles. The second kappa shape index (κ2) is 7.01. The lowest BCUT2D eigenvalue weighted by molar-refractivity contribution is 0.0920. The van der Waals surface area contributed by atoms with Gasteiger partial charge in [-0.25, -0.2) is 4.98 Å². The van der Waals surface area contributed by atoms with Crippen molar-refractivity contribution in [1.29, 1.82) is 0 Å². The molecule has 4 heteroatoms. The standard InChI is InChI=1S/C21H21N3O/c25-21(20-14-22-18-8-4-5-9-19(18)24-20)23-17-12-10-16(11-13-17)15-6-2-1-3-7-15/h1-9,14,16-17H,10-13H2,(H,23,25). The molecule has 4 rings (SSSR count). The smallest absolute Gasteiger partial charge is 0.271 e. The molecule has 0 saturated heterocycles. The van der Waals surface area contributed by atoms with E-state index in [1.165, 1.54) is 5.56 Å². The number of rotatable bonds is 3. The molecule has 0 atom stereocenters. The van der Waals surface area contributed by atoms with Crippen LogP contribution in [0.4, 0.5) is 0 Å². The van der Waals surface area contributed by atoms with E-state index >= 15 is 0 Å². The quantitative estimate of drug-likeness (QED) is 0.786. The van der Waals surface area contributed by atoms with Crippen molar-refractivity contribution < 1.29 is 4.79 Å². The summed E-state index contributed by atoms with van der Waals surface area (Å²) in [5.41, 5.74) is 3.36. The number of hydrogen-bond acceptors (Lipinski definition) is 3. The minimum atomic E-state index is -0.124. The van der Waals surface area contributed by atoms with E-state index in [1.54, 1.807) is 6.20 Å². The maximum absolute atomic E-state index is 12.5. The monoisotopic (exact) mass is 331 g/mol. The number of nitrogens with one attached hydrogen (secondary N) is 1. The Bertz CT molecular complexity index is 870. The molecule has 1 amide bonds. The van der Waals surface area contributed by atoms with Crippen LogP contribution in [-0.4, -0.2) is 21.9 Å². The Hall–Kier alpha value is -2.75. The molecule has 126 valence electrons. The highest BCUT2D eigenvalue weighted by Gasteiger charge is 2.24. The van der Waals surface area contributed by atoms with Gasteiger partial charge >= 0.3 is 0 Å². The zero-order valence-corrected chi connectivity index (χ0v) is 14.1. The van der Waals surface area contributed by atoms with Gasteiger partial charge in [0.25, 0.3) is 5.91 Å². The topological polar surface area (TPSA) is 54.9 Å². The maximum atomic E-state index is 12.5. The van der Waals surface area contributed by atoms with E-state index in [-0.39, 0.29) is 11.9 Å². The summed E-state index contributed by atoms with van der Waals surface area (Å²) in [5, 5.41) is 3.13. The van der Waals surface area contributed by atoms with Crippen molar-refractivity contribution in [2.75, 3.05) is 0 Å². The minimum absolute atomic E-state index is 0.124. The first-order chi connectivity index (χ1) is 12.3. The third-order valence-electron chi connectivity index (χ3n) is 5.01. The zero-order valence-electron chi connectivity index (χ0n) is 14.1. The lowest BCUT2D eigenvalue weighted by Gasteiger charge is -2.29. The van der Waals surface area contributed by atoms with Crippen LogP contribution >= 0.6 is 0 Å². The van der Waals surface area contributed by atoms with Crippen LogP contribution in [-0.2, 0) is 0 Å². The van der Waals surface area contributed by atoms with E-state index < -0.39 is 0 Å². The van der Waals surface area contributed by atoms with Gasteiger partial charge in [-0.3, -0.25) is 9.78 Å². The van der Waals surface area contributed by atoms with Gasteiger partial charge < -0.3 is 5.32 Å². The predicted molar refractivity (Wildman–Crippen MR) is 98.4 cm³/mol. The Labute approximate surface area is 147 Å². The SMILES string of the molecule is O=C(NC1CCC(c2ccccc2)CC1)c1cnc2ccccc2n1. The van der Waals surface area contributed by atoms with Crippen LogP contribution in [0.15, 0.2) is 60.8 Å². The molecule has 1 aromatic heterocycles. The molecule has 1 fully saturated rings. The number of carbonyl (C=O) groups excluding carboxylic acids is 1. The van der Waals surface area contributed by atoms with Crippen LogP contribution < -0.4 is 5.32 Å². The van der Waals surface area contributed by atoms with Crippen molar-refractivity contribution in [2.45, 2.75) is 37.6 Å². The second-order valence-corrected chi connectivity index (χ2v) is 6.68. The van der Waals surface area contributed by atoms with Crippen LogP contribution in [0, 0.1) is 0 Å².